The zero-order valence-electron chi connectivity index (χ0n) is 18.0. The fourth-order valence-electron chi connectivity index (χ4n) is 3.75. The van der Waals surface area contributed by atoms with Crippen LogP contribution in [0.25, 0.3) is 0 Å². The minimum absolute atomic E-state index is 0. The van der Waals surface area contributed by atoms with Gasteiger partial charge in [-0.05, 0) is 63.8 Å². The number of hydrogen-bond donors (Lipinski definition) is 2. The van der Waals surface area contributed by atoms with Gasteiger partial charge in [-0.2, -0.15) is 0 Å². The Kier molecular flexibility index (Phi) is 10.8. The van der Waals surface area contributed by atoms with E-state index in [0.29, 0.717) is 6.54 Å². The van der Waals surface area contributed by atoms with Crippen molar-refractivity contribution < 1.29 is 0 Å². The molecule has 1 saturated heterocycles. The van der Waals surface area contributed by atoms with Crippen molar-refractivity contribution in [2.75, 3.05) is 51.2 Å². The molecule has 0 saturated carbocycles. The third kappa shape index (κ3) is 8.12. The van der Waals surface area contributed by atoms with Crippen LogP contribution in [0.4, 0.5) is 5.82 Å². The van der Waals surface area contributed by atoms with Gasteiger partial charge in [-0.15, -0.1) is 24.0 Å². The number of nitrogens with zero attached hydrogens (tertiary/aromatic N) is 4. The van der Waals surface area contributed by atoms with Crippen molar-refractivity contribution in [3.05, 3.63) is 35.5 Å². The van der Waals surface area contributed by atoms with Crippen molar-refractivity contribution in [1.29, 1.82) is 0 Å². The number of piperazine rings is 1. The lowest BCUT2D eigenvalue weighted by molar-refractivity contribution is 0.312. The van der Waals surface area contributed by atoms with Gasteiger partial charge in [0.1, 0.15) is 5.82 Å². The number of allylic oxidation sites excluding steroid dienone is 1. The average Bonchev–Trinajstić information content (AvgIpc) is 2.73. The van der Waals surface area contributed by atoms with Crippen molar-refractivity contribution >= 4 is 35.8 Å². The highest BCUT2D eigenvalue weighted by molar-refractivity contribution is 14.0. The van der Waals surface area contributed by atoms with Crippen LogP contribution >= 0.6 is 24.0 Å². The molecule has 1 aliphatic heterocycles. The zero-order chi connectivity index (χ0) is 19.6. The molecule has 0 aromatic carbocycles. The Bertz CT molecular complexity index is 667. The molecular weight excluding hydrogens is 475 g/mol. The summed E-state index contributed by atoms with van der Waals surface area (Å²) in [6.07, 6.45) is 10.7. The van der Waals surface area contributed by atoms with Gasteiger partial charge >= 0.3 is 0 Å². The summed E-state index contributed by atoms with van der Waals surface area (Å²) in [4.78, 5) is 14.1. The quantitative estimate of drug-likeness (QED) is 0.254. The molecule has 0 radical (unpaired) electrons. The molecule has 0 bridgehead atoms. The van der Waals surface area contributed by atoms with Crippen LogP contribution in [0, 0.1) is 0 Å². The maximum absolute atomic E-state index is 4.79. The van der Waals surface area contributed by atoms with Gasteiger partial charge in [0.15, 0.2) is 5.96 Å². The first-order chi connectivity index (χ1) is 13.7. The Morgan fingerprint density at radius 3 is 2.72 bits per heavy atom. The van der Waals surface area contributed by atoms with E-state index in [2.05, 4.69) is 57.6 Å². The van der Waals surface area contributed by atoms with Gasteiger partial charge in [0, 0.05) is 45.5 Å². The fourth-order valence-corrected chi connectivity index (χ4v) is 3.75. The third-order valence-electron chi connectivity index (χ3n) is 5.52. The summed E-state index contributed by atoms with van der Waals surface area (Å²) in [5.41, 5.74) is 2.80. The molecule has 6 nitrogen and oxygen atoms in total. The van der Waals surface area contributed by atoms with Gasteiger partial charge < -0.3 is 20.4 Å². The molecule has 1 aliphatic carbocycles. The van der Waals surface area contributed by atoms with E-state index in [-0.39, 0.29) is 24.0 Å². The van der Waals surface area contributed by atoms with E-state index in [1.54, 1.807) is 5.57 Å². The Morgan fingerprint density at radius 2 is 2.00 bits per heavy atom. The maximum atomic E-state index is 4.79. The highest BCUT2D eigenvalue weighted by atomic mass is 127. The first-order valence-corrected chi connectivity index (χ1v) is 10.8. The smallest absolute Gasteiger partial charge is 0.191 e. The van der Waals surface area contributed by atoms with E-state index >= 15 is 0 Å². The van der Waals surface area contributed by atoms with Crippen molar-refractivity contribution in [3.8, 4) is 0 Å². The van der Waals surface area contributed by atoms with Crippen LogP contribution in [0.15, 0.2) is 35.0 Å². The molecule has 0 spiro atoms. The molecule has 162 valence electrons. The van der Waals surface area contributed by atoms with Crippen LogP contribution in [0.2, 0.25) is 0 Å². The number of anilines is 1. The van der Waals surface area contributed by atoms with Crippen molar-refractivity contribution in [2.45, 2.75) is 45.6 Å². The lowest BCUT2D eigenvalue weighted by Gasteiger charge is -2.33. The normalized spacial score (nSPS) is 18.1. The molecular formula is C22H37IN6. The molecule has 3 rings (SSSR count). The minimum atomic E-state index is 0. The molecule has 2 N–H and O–H groups in total. The molecule has 1 aromatic rings. The molecule has 0 amide bonds. The molecule has 2 heterocycles. The van der Waals surface area contributed by atoms with Gasteiger partial charge in [0.2, 0.25) is 0 Å². The average molecular weight is 512 g/mol. The van der Waals surface area contributed by atoms with Gasteiger partial charge in [-0.25, -0.2) is 9.98 Å². The second-order valence-electron chi connectivity index (χ2n) is 7.79. The summed E-state index contributed by atoms with van der Waals surface area (Å²) in [6.45, 7) is 8.86. The summed E-state index contributed by atoms with van der Waals surface area (Å²) in [6, 6.07) is 4.25. The molecule has 1 fully saturated rings. The van der Waals surface area contributed by atoms with Crippen molar-refractivity contribution in [1.82, 2.24) is 20.5 Å². The first kappa shape index (κ1) is 23.9. The van der Waals surface area contributed by atoms with E-state index in [9.17, 15) is 0 Å². The second-order valence-corrected chi connectivity index (χ2v) is 7.79. The lowest BCUT2D eigenvalue weighted by atomic mass is 9.97. The van der Waals surface area contributed by atoms with Gasteiger partial charge in [0.05, 0.1) is 6.54 Å². The van der Waals surface area contributed by atoms with Crippen LogP contribution < -0.4 is 15.5 Å². The van der Waals surface area contributed by atoms with E-state index in [0.717, 1.165) is 57.5 Å². The fraction of sp³-hybridized carbons (Fsp3) is 0.636. The van der Waals surface area contributed by atoms with Crippen LogP contribution in [-0.4, -0.2) is 62.2 Å². The summed E-state index contributed by atoms with van der Waals surface area (Å²) in [7, 11) is 2.18. The number of rotatable bonds is 7. The van der Waals surface area contributed by atoms with Gasteiger partial charge in [-0.1, -0.05) is 11.6 Å². The number of aliphatic imine (C=N–C) groups is 1. The number of likely N-dealkylation sites (N-methyl/N-ethyl adjacent to an activating group) is 1. The lowest BCUT2D eigenvalue weighted by Crippen LogP contribution is -2.44. The highest BCUT2D eigenvalue weighted by Gasteiger charge is 2.15. The number of halogens is 1. The predicted octanol–water partition coefficient (Wildman–Crippen LogP) is 3.40. The predicted molar refractivity (Wildman–Crippen MR) is 133 cm³/mol. The number of aromatic nitrogens is 1. The molecule has 0 unspecified atom stereocenters. The van der Waals surface area contributed by atoms with Crippen LogP contribution in [-0.2, 0) is 6.54 Å². The Labute approximate surface area is 193 Å². The summed E-state index contributed by atoms with van der Waals surface area (Å²) >= 11 is 0. The number of nitrogens with one attached hydrogen (secondary N) is 2. The molecule has 0 atom stereocenters. The Hall–Kier alpha value is -1.35. The molecule has 2 aliphatic rings. The van der Waals surface area contributed by atoms with E-state index in [1.807, 2.05) is 6.20 Å². The van der Waals surface area contributed by atoms with Crippen LogP contribution in [0.3, 0.4) is 0 Å². The van der Waals surface area contributed by atoms with Gasteiger partial charge in [-0.3, -0.25) is 0 Å². The number of pyridine rings is 1. The highest BCUT2D eigenvalue weighted by Crippen LogP contribution is 2.19. The Morgan fingerprint density at radius 1 is 1.17 bits per heavy atom. The summed E-state index contributed by atoms with van der Waals surface area (Å²) in [5.74, 6) is 1.97. The topological polar surface area (TPSA) is 55.8 Å². The molecule has 1 aromatic heterocycles. The summed E-state index contributed by atoms with van der Waals surface area (Å²) < 4.78 is 0. The summed E-state index contributed by atoms with van der Waals surface area (Å²) in [5, 5.41) is 6.85. The van der Waals surface area contributed by atoms with Crippen molar-refractivity contribution in [3.63, 3.8) is 0 Å². The molecule has 7 heteroatoms. The SMILES string of the molecule is CCNC(=NCc1ccnc(N2CCN(C)CC2)c1)NCCC1=CCCCC1.I. The standard InChI is InChI=1S/C22H36N6.HI/c1-3-23-22(25-12-9-19-7-5-4-6-8-19)26-18-20-10-11-24-21(17-20)28-15-13-27(2)14-16-28;/h7,10-11,17H,3-6,8-9,12-16,18H2,1-2H3,(H2,23,25,26);1H. The van der Waals surface area contributed by atoms with Crippen LogP contribution in [0.5, 0.6) is 0 Å². The number of hydrogen-bond acceptors (Lipinski definition) is 4. The van der Waals surface area contributed by atoms with Crippen molar-refractivity contribution in [2.24, 2.45) is 4.99 Å². The Balaban J connectivity index is 0.00000300. The maximum Gasteiger partial charge on any atom is 0.191 e. The van der Waals surface area contributed by atoms with E-state index in [1.165, 1.54) is 31.2 Å². The van der Waals surface area contributed by atoms with Gasteiger partial charge in [0.25, 0.3) is 0 Å². The zero-order valence-corrected chi connectivity index (χ0v) is 20.3. The van der Waals surface area contributed by atoms with E-state index in [4.69, 9.17) is 4.99 Å². The van der Waals surface area contributed by atoms with Crippen LogP contribution in [0.1, 0.15) is 44.6 Å². The third-order valence-corrected chi connectivity index (χ3v) is 5.52. The molecule has 29 heavy (non-hydrogen) atoms. The number of guanidine groups is 1. The van der Waals surface area contributed by atoms with E-state index < -0.39 is 0 Å². The monoisotopic (exact) mass is 512 g/mol. The first-order valence-electron chi connectivity index (χ1n) is 10.8. The largest absolute Gasteiger partial charge is 0.357 e. The second kappa shape index (κ2) is 13.1. The minimum Gasteiger partial charge on any atom is -0.357 e.